The van der Waals surface area contributed by atoms with E-state index in [0.717, 1.165) is 5.92 Å². The van der Waals surface area contributed by atoms with Gasteiger partial charge in [-0.2, -0.15) is 0 Å². The van der Waals surface area contributed by atoms with Gasteiger partial charge in [-0.05, 0) is 70.4 Å². The van der Waals surface area contributed by atoms with Crippen LogP contribution in [0.3, 0.4) is 0 Å². The van der Waals surface area contributed by atoms with E-state index >= 15 is 0 Å². The molecule has 114 valence electrons. The van der Waals surface area contributed by atoms with Crippen LogP contribution in [0.15, 0.2) is 28.1 Å². The molecule has 3 rings (SSSR count). The molecule has 1 saturated carbocycles. The highest BCUT2D eigenvalue weighted by Crippen LogP contribution is 2.45. The molecule has 21 heavy (non-hydrogen) atoms. The Hall–Kier alpha value is -0.760. The maximum atomic E-state index is 5.13. The van der Waals surface area contributed by atoms with Crippen molar-refractivity contribution < 1.29 is 0 Å². The van der Waals surface area contributed by atoms with Gasteiger partial charge in [-0.3, -0.25) is 4.99 Å². The van der Waals surface area contributed by atoms with Gasteiger partial charge in [0.05, 0.1) is 6.04 Å². The fourth-order valence-corrected chi connectivity index (χ4v) is 5.01. The lowest BCUT2D eigenvalue weighted by molar-refractivity contribution is 0.454. The standard InChI is InChI=1S/C19H27NS/c1-13-8-7-9-14(2)18(13)21-19(3,4)17-12-15-10-5-6-11-16(15)20-17/h7-9,15,17H,5-6,10-12H2,1-4H3. The minimum Gasteiger partial charge on any atom is -0.289 e. The maximum Gasteiger partial charge on any atom is 0.0650 e. The monoisotopic (exact) mass is 301 g/mol. The fourth-order valence-electron chi connectivity index (χ4n) is 3.74. The molecule has 0 N–H and O–H groups in total. The predicted octanol–water partition coefficient (Wildman–Crippen LogP) is 5.58. The topological polar surface area (TPSA) is 12.4 Å². The molecular formula is C19H27NS. The number of fused-ring (bicyclic) bond motifs is 1. The Kier molecular flexibility index (Phi) is 4.18. The SMILES string of the molecule is Cc1cccc(C)c1SC(C)(C)C1CC2CCCCC2=N1. The van der Waals surface area contributed by atoms with Gasteiger partial charge in [0, 0.05) is 15.4 Å². The third-order valence-corrected chi connectivity index (χ3v) is 6.76. The molecule has 2 heteroatoms. The molecule has 0 radical (unpaired) electrons. The number of nitrogens with zero attached hydrogens (tertiary/aromatic N) is 1. The Balaban J connectivity index is 1.80. The van der Waals surface area contributed by atoms with Gasteiger partial charge in [0.2, 0.25) is 0 Å². The minimum atomic E-state index is 0.182. The van der Waals surface area contributed by atoms with Crippen LogP contribution in [0, 0.1) is 19.8 Å². The number of benzene rings is 1. The van der Waals surface area contributed by atoms with Gasteiger partial charge in [0.15, 0.2) is 0 Å². The van der Waals surface area contributed by atoms with E-state index in [9.17, 15) is 0 Å². The number of aliphatic imine (C=N–C) groups is 1. The lowest BCUT2D eigenvalue weighted by Crippen LogP contribution is -2.30. The number of hydrogen-bond donors (Lipinski definition) is 0. The Bertz CT molecular complexity index is 538. The van der Waals surface area contributed by atoms with Gasteiger partial charge in [-0.25, -0.2) is 0 Å². The highest BCUT2D eigenvalue weighted by Gasteiger charge is 2.39. The average Bonchev–Trinajstić information content (AvgIpc) is 2.88. The molecule has 2 unspecified atom stereocenters. The molecule has 2 atom stereocenters. The Labute approximate surface area is 133 Å². The maximum absolute atomic E-state index is 5.13. The van der Waals surface area contributed by atoms with Crippen molar-refractivity contribution in [1.82, 2.24) is 0 Å². The van der Waals surface area contributed by atoms with Crippen LogP contribution in [0.4, 0.5) is 0 Å². The van der Waals surface area contributed by atoms with Crippen molar-refractivity contribution in [2.75, 3.05) is 0 Å². The first-order valence-corrected chi connectivity index (χ1v) is 9.11. The molecule has 2 aliphatic rings. The van der Waals surface area contributed by atoms with Crippen LogP contribution in [0.5, 0.6) is 0 Å². The molecule has 0 aromatic heterocycles. The summed E-state index contributed by atoms with van der Waals surface area (Å²) in [5.41, 5.74) is 4.33. The molecular weight excluding hydrogens is 274 g/mol. The zero-order valence-electron chi connectivity index (χ0n) is 13.8. The number of hydrogen-bond acceptors (Lipinski definition) is 2. The molecule has 1 heterocycles. The normalized spacial score (nSPS) is 25.6. The van der Waals surface area contributed by atoms with Crippen LogP contribution in [-0.4, -0.2) is 16.5 Å². The quantitative estimate of drug-likeness (QED) is 0.664. The molecule has 1 aromatic rings. The van der Waals surface area contributed by atoms with E-state index < -0.39 is 0 Å². The van der Waals surface area contributed by atoms with Crippen molar-refractivity contribution in [3.05, 3.63) is 29.3 Å². The summed E-state index contributed by atoms with van der Waals surface area (Å²) in [6, 6.07) is 7.10. The summed E-state index contributed by atoms with van der Waals surface area (Å²) in [5.74, 6) is 0.793. The van der Waals surface area contributed by atoms with Crippen LogP contribution in [0.2, 0.25) is 0 Å². The van der Waals surface area contributed by atoms with E-state index in [1.807, 2.05) is 11.8 Å². The van der Waals surface area contributed by atoms with Gasteiger partial charge in [0.1, 0.15) is 0 Å². The summed E-state index contributed by atoms with van der Waals surface area (Å²) in [7, 11) is 0. The van der Waals surface area contributed by atoms with Crippen molar-refractivity contribution in [3.63, 3.8) is 0 Å². The number of rotatable bonds is 3. The zero-order valence-corrected chi connectivity index (χ0v) is 14.6. The van der Waals surface area contributed by atoms with E-state index in [1.54, 1.807) is 0 Å². The third-order valence-electron chi connectivity index (χ3n) is 5.11. The molecule has 1 fully saturated rings. The third kappa shape index (κ3) is 3.06. The number of thioether (sulfide) groups is 1. The van der Waals surface area contributed by atoms with Crippen molar-refractivity contribution in [2.24, 2.45) is 10.9 Å². The summed E-state index contributed by atoms with van der Waals surface area (Å²) in [4.78, 5) is 6.59. The highest BCUT2D eigenvalue weighted by molar-refractivity contribution is 8.00. The van der Waals surface area contributed by atoms with Gasteiger partial charge in [0.25, 0.3) is 0 Å². The molecule has 0 bridgehead atoms. The molecule has 1 aliphatic heterocycles. The van der Waals surface area contributed by atoms with E-state index in [4.69, 9.17) is 4.99 Å². The van der Waals surface area contributed by atoms with Crippen LogP contribution >= 0.6 is 11.8 Å². The summed E-state index contributed by atoms with van der Waals surface area (Å²) in [5, 5.41) is 0. The second kappa shape index (κ2) is 5.79. The van der Waals surface area contributed by atoms with Gasteiger partial charge in [-0.1, -0.05) is 24.6 Å². The molecule has 0 spiro atoms. The predicted molar refractivity (Wildman–Crippen MR) is 93.7 cm³/mol. The molecule has 1 aliphatic carbocycles. The highest BCUT2D eigenvalue weighted by atomic mass is 32.2. The van der Waals surface area contributed by atoms with Crippen LogP contribution in [0.25, 0.3) is 0 Å². The summed E-state index contributed by atoms with van der Waals surface area (Å²) in [6.45, 7) is 9.22. The second-order valence-electron chi connectivity index (χ2n) is 7.24. The molecule has 1 nitrogen and oxygen atoms in total. The minimum absolute atomic E-state index is 0.182. The lowest BCUT2D eigenvalue weighted by Gasteiger charge is -2.31. The lowest BCUT2D eigenvalue weighted by atomic mass is 9.84. The van der Waals surface area contributed by atoms with Crippen molar-refractivity contribution >= 4 is 17.5 Å². The van der Waals surface area contributed by atoms with Gasteiger partial charge >= 0.3 is 0 Å². The van der Waals surface area contributed by atoms with Crippen molar-refractivity contribution in [2.45, 2.75) is 75.5 Å². The van der Waals surface area contributed by atoms with E-state index in [2.05, 4.69) is 45.9 Å². The van der Waals surface area contributed by atoms with Crippen molar-refractivity contribution in [3.8, 4) is 0 Å². The first kappa shape index (κ1) is 15.1. The van der Waals surface area contributed by atoms with Crippen LogP contribution < -0.4 is 0 Å². The first-order valence-electron chi connectivity index (χ1n) is 8.29. The smallest absolute Gasteiger partial charge is 0.0650 e. The van der Waals surface area contributed by atoms with Gasteiger partial charge in [-0.15, -0.1) is 11.8 Å². The van der Waals surface area contributed by atoms with Crippen LogP contribution in [0.1, 0.15) is 57.1 Å². The molecule has 1 aromatic carbocycles. The molecule has 0 saturated heterocycles. The summed E-state index contributed by atoms with van der Waals surface area (Å²) < 4.78 is 0.182. The second-order valence-corrected chi connectivity index (χ2v) is 8.91. The fraction of sp³-hybridized carbons (Fsp3) is 0.632. The van der Waals surface area contributed by atoms with Crippen molar-refractivity contribution in [1.29, 1.82) is 0 Å². The Morgan fingerprint density at radius 2 is 1.86 bits per heavy atom. The Morgan fingerprint density at radius 3 is 2.52 bits per heavy atom. The summed E-state index contributed by atoms with van der Waals surface area (Å²) in [6.07, 6.45) is 6.67. The molecule has 0 amide bonds. The number of aryl methyl sites for hydroxylation is 2. The zero-order chi connectivity index (χ0) is 15.0. The van der Waals surface area contributed by atoms with Crippen LogP contribution in [-0.2, 0) is 0 Å². The largest absolute Gasteiger partial charge is 0.289 e. The average molecular weight is 301 g/mol. The van der Waals surface area contributed by atoms with E-state index in [1.165, 1.54) is 53.8 Å². The van der Waals surface area contributed by atoms with E-state index in [-0.39, 0.29) is 4.75 Å². The van der Waals surface area contributed by atoms with E-state index in [0.29, 0.717) is 6.04 Å². The Morgan fingerprint density at radius 1 is 1.14 bits per heavy atom. The van der Waals surface area contributed by atoms with Gasteiger partial charge < -0.3 is 0 Å². The summed E-state index contributed by atoms with van der Waals surface area (Å²) >= 11 is 2.03. The first-order chi connectivity index (χ1) is 9.97.